The van der Waals surface area contributed by atoms with E-state index < -0.39 is 6.04 Å². The van der Waals surface area contributed by atoms with Crippen LogP contribution in [-0.4, -0.2) is 29.8 Å². The lowest BCUT2D eigenvalue weighted by Crippen LogP contribution is -2.50. The number of likely N-dealkylation sites (N-methyl/N-ethyl adjacent to an activating group) is 1. The molecule has 7 heteroatoms. The molecular weight excluding hydrogens is 467 g/mol. The van der Waals surface area contributed by atoms with Crippen molar-refractivity contribution in [3.8, 4) is 0 Å². The first kappa shape index (κ1) is 24.1. The smallest absolute Gasteiger partial charge is 0.242 e. The van der Waals surface area contributed by atoms with Gasteiger partial charge in [-0.15, -0.1) is 0 Å². The summed E-state index contributed by atoms with van der Waals surface area (Å²) in [5.41, 5.74) is 2.55. The predicted octanol–water partition coefficient (Wildman–Crippen LogP) is 5.58. The molecule has 1 atom stereocenters. The van der Waals surface area contributed by atoms with Gasteiger partial charge < -0.3 is 10.2 Å². The van der Waals surface area contributed by atoms with Crippen molar-refractivity contribution in [3.63, 3.8) is 0 Å². The molecule has 0 spiro atoms. The molecule has 0 bridgehead atoms. The summed E-state index contributed by atoms with van der Waals surface area (Å²) in [5, 5.41) is 4.13. The maximum absolute atomic E-state index is 13.5. The summed E-state index contributed by atoms with van der Waals surface area (Å²) in [6.07, 6.45) is 0.523. The maximum atomic E-state index is 13.5. The molecule has 32 heavy (non-hydrogen) atoms. The van der Waals surface area contributed by atoms with E-state index in [-0.39, 0.29) is 24.8 Å². The Hall–Kier alpha value is -2.53. The van der Waals surface area contributed by atoms with Gasteiger partial charge in [0.2, 0.25) is 11.8 Å². The zero-order valence-corrected chi connectivity index (χ0v) is 19.8. The van der Waals surface area contributed by atoms with Crippen LogP contribution in [0.1, 0.15) is 16.7 Å². The van der Waals surface area contributed by atoms with E-state index in [0.717, 1.165) is 16.7 Å². The first-order valence-corrected chi connectivity index (χ1v) is 11.2. The summed E-state index contributed by atoms with van der Waals surface area (Å²) in [4.78, 5) is 28.0. The molecule has 0 saturated carbocycles. The third-order valence-electron chi connectivity index (χ3n) is 5.12. The quantitative estimate of drug-likeness (QED) is 0.449. The average Bonchev–Trinajstić information content (AvgIpc) is 2.80. The largest absolute Gasteiger partial charge is 0.357 e. The normalized spacial score (nSPS) is 11.6. The lowest BCUT2D eigenvalue weighted by atomic mass is 10.0. The van der Waals surface area contributed by atoms with Crippen LogP contribution in [-0.2, 0) is 29.0 Å². The molecule has 0 aliphatic rings. The first-order valence-electron chi connectivity index (χ1n) is 10.1. The number of carbonyl (C=O) groups is 2. The minimum Gasteiger partial charge on any atom is -0.357 e. The molecule has 3 rings (SSSR count). The summed E-state index contributed by atoms with van der Waals surface area (Å²) in [6.45, 7) is 0.217. The lowest BCUT2D eigenvalue weighted by Gasteiger charge is -2.31. The second-order valence-electron chi connectivity index (χ2n) is 7.39. The molecule has 3 aromatic rings. The van der Waals surface area contributed by atoms with Gasteiger partial charge in [0.1, 0.15) is 6.04 Å². The van der Waals surface area contributed by atoms with Gasteiger partial charge in [0, 0.05) is 25.0 Å². The third-order valence-corrected chi connectivity index (χ3v) is 6.11. The van der Waals surface area contributed by atoms with E-state index in [4.69, 9.17) is 34.8 Å². The standard InChI is InChI=1S/C25H23Cl3N2O2/c1-29-25(32)23(14-17-5-3-2-4-6-17)30(16-19-9-12-21(27)22(28)13-19)24(31)15-18-7-10-20(26)11-8-18/h2-13,23H,14-16H2,1H3,(H,29,32). The third kappa shape index (κ3) is 6.49. The van der Waals surface area contributed by atoms with Crippen LogP contribution in [0.2, 0.25) is 15.1 Å². The Balaban J connectivity index is 1.94. The van der Waals surface area contributed by atoms with E-state index in [1.165, 1.54) is 0 Å². The molecule has 0 aliphatic heterocycles. The number of nitrogens with zero attached hydrogens (tertiary/aromatic N) is 1. The van der Waals surface area contributed by atoms with Crippen LogP contribution < -0.4 is 5.32 Å². The molecule has 0 aliphatic carbocycles. The van der Waals surface area contributed by atoms with Gasteiger partial charge in [0.15, 0.2) is 0 Å². The van der Waals surface area contributed by atoms with Gasteiger partial charge in [0.25, 0.3) is 0 Å². The Kier molecular flexibility index (Phi) is 8.57. The Morgan fingerprint density at radius 3 is 2.12 bits per heavy atom. The van der Waals surface area contributed by atoms with Crippen molar-refractivity contribution in [2.24, 2.45) is 0 Å². The van der Waals surface area contributed by atoms with Crippen molar-refractivity contribution >= 4 is 46.6 Å². The maximum Gasteiger partial charge on any atom is 0.242 e. The van der Waals surface area contributed by atoms with Crippen molar-refractivity contribution in [1.82, 2.24) is 10.2 Å². The number of nitrogens with one attached hydrogen (secondary N) is 1. The van der Waals surface area contributed by atoms with E-state index in [1.54, 1.807) is 42.3 Å². The number of hydrogen-bond donors (Lipinski definition) is 1. The number of halogens is 3. The van der Waals surface area contributed by atoms with Gasteiger partial charge in [-0.2, -0.15) is 0 Å². The number of carbonyl (C=O) groups excluding carboxylic acids is 2. The Morgan fingerprint density at radius 2 is 1.50 bits per heavy atom. The zero-order chi connectivity index (χ0) is 23.1. The number of amides is 2. The van der Waals surface area contributed by atoms with Crippen LogP contribution >= 0.6 is 34.8 Å². The molecule has 1 N–H and O–H groups in total. The average molecular weight is 490 g/mol. The van der Waals surface area contributed by atoms with Crippen LogP contribution in [0.4, 0.5) is 0 Å². The Labute approximate surface area is 203 Å². The van der Waals surface area contributed by atoms with Crippen LogP contribution in [0.3, 0.4) is 0 Å². The second-order valence-corrected chi connectivity index (χ2v) is 8.64. The topological polar surface area (TPSA) is 49.4 Å². The molecule has 0 fully saturated rings. The molecule has 4 nitrogen and oxygen atoms in total. The fraction of sp³-hybridized carbons (Fsp3) is 0.200. The molecule has 0 heterocycles. The number of rotatable bonds is 8. The molecule has 3 aromatic carbocycles. The SMILES string of the molecule is CNC(=O)C(Cc1ccccc1)N(Cc1ccc(Cl)c(Cl)c1)C(=O)Cc1ccc(Cl)cc1. The Morgan fingerprint density at radius 1 is 0.844 bits per heavy atom. The van der Waals surface area contributed by atoms with E-state index in [1.807, 2.05) is 42.5 Å². The molecule has 0 radical (unpaired) electrons. The molecule has 0 aromatic heterocycles. The van der Waals surface area contributed by atoms with Crippen molar-refractivity contribution in [1.29, 1.82) is 0 Å². The van der Waals surface area contributed by atoms with Crippen LogP contribution in [0, 0.1) is 0 Å². The predicted molar refractivity (Wildman–Crippen MR) is 130 cm³/mol. The van der Waals surface area contributed by atoms with Crippen molar-refractivity contribution in [3.05, 3.63) is 105 Å². The highest BCUT2D eigenvalue weighted by atomic mass is 35.5. The highest BCUT2D eigenvalue weighted by Gasteiger charge is 2.30. The van der Waals surface area contributed by atoms with Crippen molar-refractivity contribution < 1.29 is 9.59 Å². The molecular formula is C25H23Cl3N2O2. The number of hydrogen-bond acceptors (Lipinski definition) is 2. The van der Waals surface area contributed by atoms with Crippen LogP contribution in [0.5, 0.6) is 0 Å². The van der Waals surface area contributed by atoms with Gasteiger partial charge in [-0.25, -0.2) is 0 Å². The van der Waals surface area contributed by atoms with Gasteiger partial charge in [-0.1, -0.05) is 83.3 Å². The van der Waals surface area contributed by atoms with Gasteiger partial charge in [0.05, 0.1) is 16.5 Å². The molecule has 2 amide bonds. The first-order chi connectivity index (χ1) is 15.4. The highest BCUT2D eigenvalue weighted by molar-refractivity contribution is 6.42. The Bertz CT molecular complexity index is 1070. The minimum atomic E-state index is -0.698. The summed E-state index contributed by atoms with van der Waals surface area (Å²) in [5.74, 6) is -0.415. The van der Waals surface area contributed by atoms with E-state index in [9.17, 15) is 9.59 Å². The molecule has 166 valence electrons. The summed E-state index contributed by atoms with van der Waals surface area (Å²) in [7, 11) is 1.57. The highest BCUT2D eigenvalue weighted by Crippen LogP contribution is 2.24. The molecule has 1 unspecified atom stereocenters. The fourth-order valence-corrected chi connectivity index (χ4v) is 3.88. The van der Waals surface area contributed by atoms with Gasteiger partial charge in [-0.3, -0.25) is 9.59 Å². The van der Waals surface area contributed by atoms with E-state index >= 15 is 0 Å². The van der Waals surface area contributed by atoms with Crippen LogP contribution in [0.25, 0.3) is 0 Å². The lowest BCUT2D eigenvalue weighted by molar-refractivity contribution is -0.140. The van der Waals surface area contributed by atoms with Crippen LogP contribution in [0.15, 0.2) is 72.8 Å². The summed E-state index contributed by atoms with van der Waals surface area (Å²) in [6, 6.07) is 21.2. The van der Waals surface area contributed by atoms with Crippen molar-refractivity contribution in [2.75, 3.05) is 7.05 Å². The van der Waals surface area contributed by atoms with Crippen molar-refractivity contribution in [2.45, 2.75) is 25.4 Å². The number of benzene rings is 3. The van der Waals surface area contributed by atoms with Gasteiger partial charge >= 0.3 is 0 Å². The summed E-state index contributed by atoms with van der Waals surface area (Å²) >= 11 is 18.2. The monoisotopic (exact) mass is 488 g/mol. The van der Waals surface area contributed by atoms with E-state index in [2.05, 4.69) is 5.32 Å². The second kappa shape index (κ2) is 11.4. The van der Waals surface area contributed by atoms with E-state index in [0.29, 0.717) is 21.5 Å². The van der Waals surface area contributed by atoms with Gasteiger partial charge in [-0.05, 0) is 41.0 Å². The fourth-order valence-electron chi connectivity index (χ4n) is 3.43. The minimum absolute atomic E-state index is 0.140. The zero-order valence-electron chi connectivity index (χ0n) is 17.5. The summed E-state index contributed by atoms with van der Waals surface area (Å²) < 4.78 is 0. The molecule has 0 saturated heterocycles.